The van der Waals surface area contributed by atoms with Crippen LogP contribution in [-0.4, -0.2) is 31.0 Å². The molecular formula is C12H11BrClNO3. The summed E-state index contributed by atoms with van der Waals surface area (Å²) < 4.78 is 11.2. The molecule has 3 rings (SSSR count). The molecule has 18 heavy (non-hydrogen) atoms. The number of ether oxygens (including phenoxy) is 2. The first-order valence-electron chi connectivity index (χ1n) is 5.65. The number of fused-ring (bicyclic) bond motifs is 2. The molecule has 0 atom stereocenters. The topological polar surface area (TPSA) is 38.8 Å². The van der Waals surface area contributed by atoms with Crippen LogP contribution in [0.1, 0.15) is 5.56 Å². The van der Waals surface area contributed by atoms with E-state index in [2.05, 4.69) is 15.9 Å². The largest absolute Gasteiger partial charge is 0.336 e. The van der Waals surface area contributed by atoms with E-state index < -0.39 is 5.79 Å². The highest BCUT2D eigenvalue weighted by Gasteiger charge is 2.55. The number of carbonyl (C=O) groups is 1. The third kappa shape index (κ3) is 1.61. The van der Waals surface area contributed by atoms with Gasteiger partial charge in [-0.05, 0) is 18.2 Å². The summed E-state index contributed by atoms with van der Waals surface area (Å²) in [5, 5.41) is 1.26. The highest BCUT2D eigenvalue weighted by atomic mass is 79.9. The Bertz CT molecular complexity index is 502. The lowest BCUT2D eigenvalue weighted by atomic mass is 10.1. The second-order valence-corrected chi connectivity index (χ2v) is 5.35. The van der Waals surface area contributed by atoms with Gasteiger partial charge in [0.25, 0.3) is 11.7 Å². The van der Waals surface area contributed by atoms with Crippen LogP contribution in [-0.2, 0) is 20.1 Å². The second-order valence-electron chi connectivity index (χ2n) is 4.12. The maximum absolute atomic E-state index is 12.5. The molecule has 1 spiro atoms. The molecule has 96 valence electrons. The summed E-state index contributed by atoms with van der Waals surface area (Å²) in [7, 11) is 0. The molecule has 0 N–H and O–H groups in total. The van der Waals surface area contributed by atoms with Crippen molar-refractivity contribution in [3.63, 3.8) is 0 Å². The van der Waals surface area contributed by atoms with Gasteiger partial charge < -0.3 is 14.4 Å². The monoisotopic (exact) mass is 331 g/mol. The van der Waals surface area contributed by atoms with Crippen LogP contribution < -0.4 is 4.90 Å². The molecule has 6 heteroatoms. The summed E-state index contributed by atoms with van der Waals surface area (Å²) in [6.07, 6.45) is 0. The predicted octanol–water partition coefficient (Wildman–Crippen LogP) is 2.28. The van der Waals surface area contributed by atoms with E-state index in [0.717, 1.165) is 5.69 Å². The molecule has 0 aromatic heterocycles. The molecule has 0 aliphatic carbocycles. The van der Waals surface area contributed by atoms with Gasteiger partial charge in [-0.1, -0.05) is 27.5 Å². The molecule has 0 bridgehead atoms. The summed E-state index contributed by atoms with van der Waals surface area (Å²) in [6.45, 7) is 1.40. The number of amides is 1. The lowest BCUT2D eigenvalue weighted by molar-refractivity contribution is -0.180. The molecule has 0 unspecified atom stereocenters. The van der Waals surface area contributed by atoms with Crippen molar-refractivity contribution in [2.24, 2.45) is 0 Å². The Hall–Kier alpha value is -0.620. The van der Waals surface area contributed by atoms with Gasteiger partial charge in [0.05, 0.1) is 18.9 Å². The maximum atomic E-state index is 12.5. The number of anilines is 1. The summed E-state index contributed by atoms with van der Waals surface area (Å²) in [6, 6.07) is 5.34. The zero-order chi connectivity index (χ0) is 12.8. The number of halogens is 2. The molecule has 2 aliphatic rings. The van der Waals surface area contributed by atoms with E-state index in [1.165, 1.54) is 0 Å². The van der Waals surface area contributed by atoms with Crippen LogP contribution >= 0.6 is 27.5 Å². The molecule has 4 nitrogen and oxygen atoms in total. The quantitative estimate of drug-likeness (QED) is 0.780. The summed E-state index contributed by atoms with van der Waals surface area (Å²) in [5.41, 5.74) is 1.52. The summed E-state index contributed by atoms with van der Waals surface area (Å²) in [4.78, 5) is 14.2. The van der Waals surface area contributed by atoms with Crippen LogP contribution in [0.2, 0.25) is 5.02 Å². The molecule has 1 aromatic carbocycles. The first-order valence-corrected chi connectivity index (χ1v) is 7.15. The van der Waals surface area contributed by atoms with Gasteiger partial charge in [0.15, 0.2) is 0 Å². The molecule has 1 saturated heterocycles. The van der Waals surface area contributed by atoms with E-state index in [0.29, 0.717) is 35.7 Å². The van der Waals surface area contributed by atoms with Crippen molar-refractivity contribution in [3.8, 4) is 0 Å². The van der Waals surface area contributed by atoms with Crippen molar-refractivity contribution in [2.45, 2.75) is 5.79 Å². The van der Waals surface area contributed by atoms with Crippen molar-refractivity contribution in [1.82, 2.24) is 0 Å². The highest BCUT2D eigenvalue weighted by Crippen LogP contribution is 2.46. The standard InChI is InChI=1S/C12H11BrClNO3/c13-3-4-15-10-2-1-8(14)7-9(10)12(11(15)16)17-5-6-18-12/h1-2,7H,3-6H2. The fourth-order valence-electron chi connectivity index (χ4n) is 2.41. The average molecular weight is 333 g/mol. The third-order valence-corrected chi connectivity index (χ3v) is 3.72. The third-order valence-electron chi connectivity index (χ3n) is 3.13. The van der Waals surface area contributed by atoms with Crippen LogP contribution in [0.15, 0.2) is 18.2 Å². The number of alkyl halides is 1. The van der Waals surface area contributed by atoms with Gasteiger partial charge in [0.1, 0.15) is 0 Å². The van der Waals surface area contributed by atoms with Gasteiger partial charge >= 0.3 is 0 Å². The Morgan fingerprint density at radius 1 is 1.39 bits per heavy atom. The predicted molar refractivity (Wildman–Crippen MR) is 71.2 cm³/mol. The van der Waals surface area contributed by atoms with Crippen molar-refractivity contribution in [3.05, 3.63) is 28.8 Å². The molecule has 2 heterocycles. The SMILES string of the molecule is O=C1N(CCBr)c2ccc(Cl)cc2C12OCCO2. The zero-order valence-corrected chi connectivity index (χ0v) is 11.8. The maximum Gasteiger partial charge on any atom is 0.292 e. The molecule has 1 amide bonds. The van der Waals surface area contributed by atoms with Crippen molar-refractivity contribution in [1.29, 1.82) is 0 Å². The average Bonchev–Trinajstić information content (AvgIpc) is 2.92. The van der Waals surface area contributed by atoms with Gasteiger partial charge in [-0.3, -0.25) is 4.79 Å². The van der Waals surface area contributed by atoms with E-state index in [1.807, 2.05) is 6.07 Å². The van der Waals surface area contributed by atoms with Crippen LogP contribution in [0.3, 0.4) is 0 Å². The van der Waals surface area contributed by atoms with E-state index >= 15 is 0 Å². The fourth-order valence-corrected chi connectivity index (χ4v) is 2.93. The first kappa shape index (κ1) is 12.4. The van der Waals surface area contributed by atoms with Gasteiger partial charge in [0, 0.05) is 22.5 Å². The molecule has 1 aromatic rings. The van der Waals surface area contributed by atoms with Crippen LogP contribution in [0.25, 0.3) is 0 Å². The minimum atomic E-state index is -1.28. The minimum absolute atomic E-state index is 0.170. The number of rotatable bonds is 2. The number of carbonyl (C=O) groups excluding carboxylic acids is 1. The Labute approximate surface area is 118 Å². The molecule has 1 fully saturated rings. The normalized spacial score (nSPS) is 20.8. The summed E-state index contributed by atoms with van der Waals surface area (Å²) >= 11 is 9.36. The van der Waals surface area contributed by atoms with Crippen LogP contribution in [0.5, 0.6) is 0 Å². The minimum Gasteiger partial charge on any atom is -0.336 e. The van der Waals surface area contributed by atoms with E-state index in [9.17, 15) is 4.79 Å². The Kier molecular flexibility index (Phi) is 3.10. The molecule has 0 radical (unpaired) electrons. The van der Waals surface area contributed by atoms with Crippen LogP contribution in [0.4, 0.5) is 5.69 Å². The lowest BCUT2D eigenvalue weighted by Crippen LogP contribution is -2.41. The first-order chi connectivity index (χ1) is 8.69. The van der Waals surface area contributed by atoms with Crippen molar-refractivity contribution >= 4 is 39.1 Å². The number of benzene rings is 1. The van der Waals surface area contributed by atoms with Gasteiger partial charge in [-0.2, -0.15) is 0 Å². The van der Waals surface area contributed by atoms with Crippen molar-refractivity contribution < 1.29 is 14.3 Å². The second kappa shape index (κ2) is 4.49. The highest BCUT2D eigenvalue weighted by molar-refractivity contribution is 9.09. The van der Waals surface area contributed by atoms with Gasteiger partial charge in [0.2, 0.25) is 0 Å². The van der Waals surface area contributed by atoms with Crippen LogP contribution in [0, 0.1) is 0 Å². The van der Waals surface area contributed by atoms with Gasteiger partial charge in [-0.15, -0.1) is 0 Å². The molecule has 0 saturated carbocycles. The fraction of sp³-hybridized carbons (Fsp3) is 0.417. The lowest BCUT2D eigenvalue weighted by Gasteiger charge is -2.21. The Morgan fingerprint density at radius 3 is 2.78 bits per heavy atom. The number of hydrogen-bond acceptors (Lipinski definition) is 3. The smallest absolute Gasteiger partial charge is 0.292 e. The van der Waals surface area contributed by atoms with E-state index in [1.54, 1.807) is 17.0 Å². The van der Waals surface area contributed by atoms with E-state index in [4.69, 9.17) is 21.1 Å². The van der Waals surface area contributed by atoms with E-state index in [-0.39, 0.29) is 5.91 Å². The number of nitrogens with zero attached hydrogens (tertiary/aromatic N) is 1. The van der Waals surface area contributed by atoms with Gasteiger partial charge in [-0.25, -0.2) is 0 Å². The molecular weight excluding hydrogens is 321 g/mol. The Balaban J connectivity index is 2.14. The number of hydrogen-bond donors (Lipinski definition) is 0. The Morgan fingerprint density at radius 2 is 2.11 bits per heavy atom. The molecule has 2 aliphatic heterocycles. The van der Waals surface area contributed by atoms with Crippen molar-refractivity contribution in [2.75, 3.05) is 30.0 Å². The summed E-state index contributed by atoms with van der Waals surface area (Å²) in [5.74, 6) is -1.45. The zero-order valence-electron chi connectivity index (χ0n) is 9.49.